The van der Waals surface area contributed by atoms with Gasteiger partial charge in [0.05, 0.1) is 12.5 Å². The van der Waals surface area contributed by atoms with Gasteiger partial charge in [0.1, 0.15) is 0 Å². The van der Waals surface area contributed by atoms with Crippen molar-refractivity contribution in [1.29, 1.82) is 0 Å². The molecule has 6 heteroatoms. The first-order chi connectivity index (χ1) is 12.8. The first kappa shape index (κ1) is 21.9. The number of nitroso groups, excluding NO2 is 1. The van der Waals surface area contributed by atoms with E-state index in [1.807, 2.05) is 19.1 Å². The lowest BCUT2D eigenvalue weighted by Crippen LogP contribution is -2.41. The second-order valence-electron chi connectivity index (χ2n) is 8.13. The predicted octanol–water partition coefficient (Wildman–Crippen LogP) is 4.80. The van der Waals surface area contributed by atoms with Gasteiger partial charge in [-0.3, -0.25) is 4.79 Å². The number of esters is 1. The minimum Gasteiger partial charge on any atom is -0.465 e. The zero-order valence-electron chi connectivity index (χ0n) is 16.9. The molecule has 5 nitrogen and oxygen atoms in total. The highest BCUT2D eigenvalue weighted by atomic mass is 32.2. The Morgan fingerprint density at radius 1 is 1.22 bits per heavy atom. The van der Waals surface area contributed by atoms with E-state index in [-0.39, 0.29) is 16.6 Å². The Bertz CT molecular complexity index is 610. The van der Waals surface area contributed by atoms with E-state index < -0.39 is 0 Å². The fourth-order valence-corrected chi connectivity index (χ4v) is 4.20. The number of hydrogen-bond acceptors (Lipinski definition) is 6. The van der Waals surface area contributed by atoms with E-state index in [9.17, 15) is 9.70 Å². The lowest BCUT2D eigenvalue weighted by Gasteiger charge is -2.37. The molecule has 1 unspecified atom stereocenters. The van der Waals surface area contributed by atoms with Crippen LogP contribution in [-0.2, 0) is 16.0 Å². The number of rotatable bonds is 9. The van der Waals surface area contributed by atoms with E-state index in [1.165, 1.54) is 5.56 Å². The molecule has 0 aliphatic carbocycles. The minimum atomic E-state index is -0.289. The number of likely N-dealkylation sites (tertiary alicyclic amines) is 1. The largest absolute Gasteiger partial charge is 0.465 e. The molecule has 1 aromatic rings. The number of carbonyl (C=O) groups excluding carboxylic acids is 1. The van der Waals surface area contributed by atoms with E-state index >= 15 is 0 Å². The molecule has 0 radical (unpaired) electrons. The van der Waals surface area contributed by atoms with Gasteiger partial charge in [0.15, 0.2) is 0 Å². The van der Waals surface area contributed by atoms with E-state index in [0.29, 0.717) is 18.9 Å². The van der Waals surface area contributed by atoms with E-state index in [4.69, 9.17) is 4.74 Å². The van der Waals surface area contributed by atoms with Crippen molar-refractivity contribution in [3.8, 4) is 0 Å². The molecular formula is C21H32N2O3S. The van der Waals surface area contributed by atoms with Crippen LogP contribution in [0.4, 0.5) is 0 Å². The van der Waals surface area contributed by atoms with Gasteiger partial charge in [0, 0.05) is 21.3 Å². The average molecular weight is 393 g/mol. The number of hydrogen-bond donors (Lipinski definition) is 0. The fraction of sp³-hybridized carbons (Fsp3) is 0.667. The SMILES string of the molecule is CC(C)Cc1ccc(C(C)C(=O)OCCC2(SN=O)CCN(C)CC2)cc1. The summed E-state index contributed by atoms with van der Waals surface area (Å²) in [5.41, 5.74) is 2.27. The summed E-state index contributed by atoms with van der Waals surface area (Å²) >= 11 is 1.12. The second kappa shape index (κ2) is 10.2. The van der Waals surface area contributed by atoms with Crippen molar-refractivity contribution >= 4 is 17.9 Å². The number of ether oxygens (including phenoxy) is 1. The van der Waals surface area contributed by atoms with Gasteiger partial charge in [-0.15, -0.1) is 4.91 Å². The van der Waals surface area contributed by atoms with Crippen LogP contribution in [0, 0.1) is 10.8 Å². The molecule has 27 heavy (non-hydrogen) atoms. The molecule has 0 bridgehead atoms. The summed E-state index contributed by atoms with van der Waals surface area (Å²) in [6.07, 6.45) is 3.50. The van der Waals surface area contributed by atoms with Gasteiger partial charge in [0.25, 0.3) is 0 Å². The van der Waals surface area contributed by atoms with Gasteiger partial charge >= 0.3 is 5.97 Å². The Kier molecular flexibility index (Phi) is 8.29. The highest BCUT2D eigenvalue weighted by Gasteiger charge is 2.35. The first-order valence-corrected chi connectivity index (χ1v) is 10.6. The molecule has 0 amide bonds. The van der Waals surface area contributed by atoms with Crippen molar-refractivity contribution < 1.29 is 9.53 Å². The summed E-state index contributed by atoms with van der Waals surface area (Å²) < 4.78 is 8.42. The molecule has 1 atom stereocenters. The van der Waals surface area contributed by atoms with Gasteiger partial charge in [-0.25, -0.2) is 0 Å². The third kappa shape index (κ3) is 6.61. The summed E-state index contributed by atoms with van der Waals surface area (Å²) in [6, 6.07) is 8.24. The molecule has 0 spiro atoms. The fourth-order valence-electron chi connectivity index (χ4n) is 3.50. The zero-order valence-corrected chi connectivity index (χ0v) is 17.8. The van der Waals surface area contributed by atoms with E-state index in [2.05, 4.69) is 42.5 Å². The summed E-state index contributed by atoms with van der Waals surface area (Å²) in [7, 11) is 2.08. The molecule has 1 aliphatic heterocycles. The van der Waals surface area contributed by atoms with Crippen LogP contribution in [0.2, 0.25) is 0 Å². The lowest BCUT2D eigenvalue weighted by atomic mass is 9.93. The van der Waals surface area contributed by atoms with E-state index in [0.717, 1.165) is 49.9 Å². The maximum Gasteiger partial charge on any atom is 0.313 e. The molecule has 0 aromatic heterocycles. The molecule has 0 N–H and O–H groups in total. The molecule has 1 saturated heterocycles. The van der Waals surface area contributed by atoms with Crippen LogP contribution in [0.15, 0.2) is 28.8 Å². The number of nitrogens with zero attached hydrogens (tertiary/aromatic N) is 2. The Balaban J connectivity index is 1.85. The van der Waals surface area contributed by atoms with Crippen LogP contribution >= 0.6 is 11.9 Å². The van der Waals surface area contributed by atoms with Gasteiger partial charge in [0.2, 0.25) is 0 Å². The highest BCUT2D eigenvalue weighted by molar-refractivity contribution is 7.99. The van der Waals surface area contributed by atoms with Crippen LogP contribution in [0.3, 0.4) is 0 Å². The maximum atomic E-state index is 12.4. The predicted molar refractivity (Wildman–Crippen MR) is 112 cm³/mol. The number of carbonyl (C=O) groups is 1. The molecule has 150 valence electrons. The Hall–Kier alpha value is -1.40. The smallest absolute Gasteiger partial charge is 0.313 e. The normalized spacial score (nSPS) is 18.3. The number of benzene rings is 1. The molecule has 0 saturated carbocycles. The van der Waals surface area contributed by atoms with Crippen molar-refractivity contribution in [3.05, 3.63) is 40.3 Å². The first-order valence-electron chi connectivity index (χ1n) is 9.80. The van der Waals surface area contributed by atoms with Crippen LogP contribution in [0.1, 0.15) is 57.1 Å². The summed E-state index contributed by atoms with van der Waals surface area (Å²) in [5.74, 6) is 0.117. The Morgan fingerprint density at radius 2 is 1.85 bits per heavy atom. The number of piperidine rings is 1. The monoisotopic (exact) mass is 392 g/mol. The third-order valence-corrected chi connectivity index (χ3v) is 6.48. The van der Waals surface area contributed by atoms with Gasteiger partial charge < -0.3 is 9.64 Å². The summed E-state index contributed by atoms with van der Waals surface area (Å²) in [5, 5.41) is 0. The lowest BCUT2D eigenvalue weighted by molar-refractivity contribution is -0.145. The second-order valence-corrected chi connectivity index (χ2v) is 9.33. The molecule has 2 rings (SSSR count). The quantitative estimate of drug-likeness (QED) is 0.343. The zero-order chi connectivity index (χ0) is 19.9. The maximum absolute atomic E-state index is 12.4. The Morgan fingerprint density at radius 3 is 2.41 bits per heavy atom. The topological polar surface area (TPSA) is 59.0 Å². The van der Waals surface area contributed by atoms with Crippen molar-refractivity contribution in [3.63, 3.8) is 0 Å². The van der Waals surface area contributed by atoms with Crippen molar-refractivity contribution in [2.45, 2.75) is 57.1 Å². The van der Waals surface area contributed by atoms with Gasteiger partial charge in [-0.1, -0.05) is 38.1 Å². The average Bonchev–Trinajstić information content (AvgIpc) is 2.64. The van der Waals surface area contributed by atoms with Crippen molar-refractivity contribution in [2.75, 3.05) is 26.7 Å². The standard InChI is InChI=1S/C21H32N2O3S/c1-16(2)15-18-5-7-19(8-6-18)17(3)20(24)26-14-11-21(27-22-25)9-12-23(4)13-10-21/h5-8,16-17H,9-15H2,1-4H3. The van der Waals surface area contributed by atoms with Crippen LogP contribution < -0.4 is 0 Å². The minimum absolute atomic E-state index is 0.198. The summed E-state index contributed by atoms with van der Waals surface area (Å²) in [6.45, 7) is 8.49. The molecule has 1 aliphatic rings. The van der Waals surface area contributed by atoms with Crippen molar-refractivity contribution in [1.82, 2.24) is 4.90 Å². The van der Waals surface area contributed by atoms with Gasteiger partial charge in [-0.2, -0.15) is 0 Å². The highest BCUT2D eigenvalue weighted by Crippen LogP contribution is 2.39. The molecule has 1 fully saturated rings. The summed E-state index contributed by atoms with van der Waals surface area (Å²) in [4.78, 5) is 25.5. The molecule has 1 heterocycles. The van der Waals surface area contributed by atoms with Crippen LogP contribution in [0.5, 0.6) is 0 Å². The Labute approximate surface area is 167 Å². The van der Waals surface area contributed by atoms with E-state index in [1.54, 1.807) is 0 Å². The van der Waals surface area contributed by atoms with Gasteiger partial charge in [-0.05, 0) is 69.8 Å². The molecule has 1 aromatic carbocycles. The molecular weight excluding hydrogens is 360 g/mol. The van der Waals surface area contributed by atoms with Crippen molar-refractivity contribution in [2.24, 2.45) is 10.5 Å². The van der Waals surface area contributed by atoms with Crippen LogP contribution in [0.25, 0.3) is 0 Å². The van der Waals surface area contributed by atoms with Crippen LogP contribution in [-0.4, -0.2) is 42.4 Å². The third-order valence-electron chi connectivity index (χ3n) is 5.41.